The Morgan fingerprint density at radius 1 is 1.03 bits per heavy atom. The Hall–Kier alpha value is -2.70. The molecule has 0 saturated carbocycles. The number of fused-ring (bicyclic) bond motifs is 1. The first-order valence-corrected chi connectivity index (χ1v) is 11.3. The normalized spacial score (nSPS) is 20.6. The maximum Gasteiger partial charge on any atom is 0.253 e. The molecule has 1 unspecified atom stereocenters. The third-order valence-corrected chi connectivity index (χ3v) is 6.84. The Morgan fingerprint density at radius 2 is 1.81 bits per heavy atom. The van der Waals surface area contributed by atoms with E-state index in [1.54, 1.807) is 0 Å². The second-order valence-electron chi connectivity index (χ2n) is 9.09. The number of aromatic nitrogens is 2. The summed E-state index contributed by atoms with van der Waals surface area (Å²) in [7, 11) is 2.18. The number of carbonyl (C=O) groups is 1. The number of carbonyl (C=O) groups excluding carboxylic acids is 1. The summed E-state index contributed by atoms with van der Waals surface area (Å²) in [5, 5.41) is 0. The molecule has 0 bridgehead atoms. The Labute approximate surface area is 184 Å². The lowest BCUT2D eigenvalue weighted by atomic mass is 10.1. The lowest BCUT2D eigenvalue weighted by molar-refractivity contribution is 0.0755. The molecule has 6 nitrogen and oxygen atoms in total. The number of hydrogen-bond acceptors (Lipinski definition) is 4. The number of likely N-dealkylation sites (N-methyl/N-ethyl adjacent to an activating group) is 1. The van der Waals surface area contributed by atoms with E-state index in [1.165, 1.54) is 11.1 Å². The molecule has 6 heteroatoms. The summed E-state index contributed by atoms with van der Waals surface area (Å²) in [6, 6.07) is 15.0. The van der Waals surface area contributed by atoms with Crippen LogP contribution in [0.15, 0.2) is 48.8 Å². The highest BCUT2D eigenvalue weighted by atomic mass is 16.2. The van der Waals surface area contributed by atoms with Gasteiger partial charge in [-0.2, -0.15) is 0 Å². The zero-order chi connectivity index (χ0) is 21.4. The Kier molecular flexibility index (Phi) is 5.50. The Morgan fingerprint density at radius 3 is 2.58 bits per heavy atom. The highest BCUT2D eigenvalue weighted by molar-refractivity contribution is 5.94. The van der Waals surface area contributed by atoms with Crippen molar-refractivity contribution in [2.24, 2.45) is 0 Å². The van der Waals surface area contributed by atoms with E-state index in [0.717, 1.165) is 68.8 Å². The van der Waals surface area contributed by atoms with Gasteiger partial charge in [0.15, 0.2) is 0 Å². The first kappa shape index (κ1) is 20.2. The minimum Gasteiger partial charge on any atom is -0.337 e. The number of aryl methyl sites for hydroxylation is 1. The number of likely N-dealkylation sites (tertiary alicyclic amines) is 1. The van der Waals surface area contributed by atoms with E-state index >= 15 is 0 Å². The molecule has 0 spiro atoms. The van der Waals surface area contributed by atoms with Crippen LogP contribution in [-0.4, -0.2) is 82.5 Å². The van der Waals surface area contributed by atoms with Crippen molar-refractivity contribution in [1.29, 1.82) is 0 Å². The van der Waals surface area contributed by atoms with Crippen LogP contribution in [0.2, 0.25) is 0 Å². The van der Waals surface area contributed by atoms with Crippen molar-refractivity contribution >= 4 is 16.9 Å². The molecule has 2 aromatic carbocycles. The lowest BCUT2D eigenvalue weighted by Crippen LogP contribution is -2.50. The fourth-order valence-electron chi connectivity index (χ4n) is 4.84. The van der Waals surface area contributed by atoms with Crippen molar-refractivity contribution in [1.82, 2.24) is 24.3 Å². The standard InChI is InChI=1S/C25H31N5O/c1-19-3-8-24-23(15-19)26-18-30(24)16-20-4-6-21(7-5-20)25(31)29-10-9-22(17-29)28-13-11-27(2)12-14-28/h3-8,15,18,22H,9-14,16-17H2,1-2H3. The summed E-state index contributed by atoms with van der Waals surface area (Å²) in [4.78, 5) is 24.5. The highest BCUT2D eigenvalue weighted by Gasteiger charge is 2.31. The van der Waals surface area contributed by atoms with Crippen LogP contribution in [0, 0.1) is 6.92 Å². The Bertz CT molecular complexity index is 1070. The first-order valence-electron chi connectivity index (χ1n) is 11.3. The largest absolute Gasteiger partial charge is 0.337 e. The van der Waals surface area contributed by atoms with Gasteiger partial charge in [-0.1, -0.05) is 18.2 Å². The topological polar surface area (TPSA) is 44.6 Å². The minimum absolute atomic E-state index is 0.159. The number of hydrogen-bond donors (Lipinski definition) is 0. The van der Waals surface area contributed by atoms with Gasteiger partial charge >= 0.3 is 0 Å². The minimum atomic E-state index is 0.159. The van der Waals surface area contributed by atoms with Gasteiger partial charge in [0.1, 0.15) is 0 Å². The fraction of sp³-hybridized carbons (Fsp3) is 0.440. The Balaban J connectivity index is 1.22. The molecular formula is C25H31N5O. The van der Waals surface area contributed by atoms with Crippen LogP contribution in [0.4, 0.5) is 0 Å². The van der Waals surface area contributed by atoms with E-state index in [4.69, 9.17) is 0 Å². The first-order chi connectivity index (χ1) is 15.1. The van der Waals surface area contributed by atoms with Crippen LogP contribution in [0.3, 0.4) is 0 Å². The molecule has 0 N–H and O–H groups in total. The molecule has 3 aromatic rings. The van der Waals surface area contributed by atoms with Crippen molar-refractivity contribution in [3.05, 3.63) is 65.5 Å². The van der Waals surface area contributed by atoms with E-state index in [1.807, 2.05) is 23.4 Å². The molecule has 0 radical (unpaired) electrons. The molecule has 2 fully saturated rings. The summed E-state index contributed by atoms with van der Waals surface area (Å²) in [6.45, 7) is 9.02. The molecular weight excluding hydrogens is 386 g/mol. The smallest absolute Gasteiger partial charge is 0.253 e. The molecule has 2 aliphatic heterocycles. The maximum absolute atomic E-state index is 13.0. The van der Waals surface area contributed by atoms with E-state index < -0.39 is 0 Å². The van der Waals surface area contributed by atoms with Crippen LogP contribution in [0.5, 0.6) is 0 Å². The highest BCUT2D eigenvalue weighted by Crippen LogP contribution is 2.21. The van der Waals surface area contributed by atoms with E-state index in [9.17, 15) is 4.79 Å². The van der Waals surface area contributed by atoms with E-state index in [0.29, 0.717) is 6.04 Å². The zero-order valence-electron chi connectivity index (χ0n) is 18.5. The average Bonchev–Trinajstić information content (AvgIpc) is 3.42. The van der Waals surface area contributed by atoms with Crippen LogP contribution >= 0.6 is 0 Å². The molecule has 3 heterocycles. The van der Waals surface area contributed by atoms with Crippen LogP contribution in [0.25, 0.3) is 11.0 Å². The molecule has 1 aromatic heterocycles. The maximum atomic E-state index is 13.0. The monoisotopic (exact) mass is 417 g/mol. The molecule has 2 aliphatic rings. The van der Waals surface area contributed by atoms with Crippen molar-refractivity contribution in [3.8, 4) is 0 Å². The number of rotatable bonds is 4. The van der Waals surface area contributed by atoms with E-state index in [-0.39, 0.29) is 5.91 Å². The number of imidazole rings is 1. The van der Waals surface area contributed by atoms with Crippen LogP contribution in [0.1, 0.15) is 27.9 Å². The van der Waals surface area contributed by atoms with Crippen molar-refractivity contribution < 1.29 is 4.79 Å². The fourth-order valence-corrected chi connectivity index (χ4v) is 4.84. The second kappa shape index (κ2) is 8.44. The van der Waals surface area contributed by atoms with Gasteiger partial charge in [-0.3, -0.25) is 9.69 Å². The van der Waals surface area contributed by atoms with Gasteiger partial charge < -0.3 is 14.4 Å². The SMILES string of the molecule is Cc1ccc2c(c1)ncn2Cc1ccc(C(=O)N2CCC(N3CCN(C)CC3)C2)cc1. The molecule has 5 rings (SSSR count). The van der Waals surface area contributed by atoms with Crippen molar-refractivity contribution in [2.75, 3.05) is 46.3 Å². The molecule has 0 aliphatic carbocycles. The van der Waals surface area contributed by atoms with Gasteiger partial charge in [0, 0.05) is 57.4 Å². The molecule has 1 atom stereocenters. The lowest BCUT2D eigenvalue weighted by Gasteiger charge is -2.36. The van der Waals surface area contributed by atoms with Crippen molar-refractivity contribution in [2.45, 2.75) is 25.9 Å². The van der Waals surface area contributed by atoms with Gasteiger partial charge in [-0.25, -0.2) is 4.98 Å². The van der Waals surface area contributed by atoms with Crippen molar-refractivity contribution in [3.63, 3.8) is 0 Å². The summed E-state index contributed by atoms with van der Waals surface area (Å²) >= 11 is 0. The van der Waals surface area contributed by atoms with Gasteiger partial charge in [-0.05, 0) is 55.8 Å². The van der Waals surface area contributed by atoms with Gasteiger partial charge in [0.2, 0.25) is 0 Å². The molecule has 162 valence electrons. The average molecular weight is 418 g/mol. The summed E-state index contributed by atoms with van der Waals surface area (Å²) in [5.74, 6) is 0.159. The zero-order valence-corrected chi connectivity index (χ0v) is 18.5. The van der Waals surface area contributed by atoms with E-state index in [2.05, 4.69) is 63.7 Å². The third-order valence-electron chi connectivity index (χ3n) is 6.84. The summed E-state index contributed by atoms with van der Waals surface area (Å²) < 4.78 is 2.16. The number of piperazine rings is 1. The van der Waals surface area contributed by atoms with Gasteiger partial charge in [0.05, 0.1) is 17.4 Å². The quantitative estimate of drug-likeness (QED) is 0.655. The summed E-state index contributed by atoms with van der Waals surface area (Å²) in [5.41, 5.74) is 5.34. The van der Waals surface area contributed by atoms with Gasteiger partial charge in [-0.15, -0.1) is 0 Å². The van der Waals surface area contributed by atoms with Gasteiger partial charge in [0.25, 0.3) is 5.91 Å². The summed E-state index contributed by atoms with van der Waals surface area (Å²) in [6.07, 6.45) is 2.98. The second-order valence-corrected chi connectivity index (χ2v) is 9.09. The molecule has 31 heavy (non-hydrogen) atoms. The predicted molar refractivity (Wildman–Crippen MR) is 123 cm³/mol. The third kappa shape index (κ3) is 4.23. The number of benzene rings is 2. The number of nitrogens with zero attached hydrogens (tertiary/aromatic N) is 5. The molecule has 1 amide bonds. The van der Waals surface area contributed by atoms with Crippen LogP contribution < -0.4 is 0 Å². The predicted octanol–water partition coefficient (Wildman–Crippen LogP) is 2.85. The molecule has 2 saturated heterocycles. The number of amides is 1. The van der Waals surface area contributed by atoms with Crippen LogP contribution in [-0.2, 0) is 6.54 Å².